The maximum atomic E-state index is 11.8. The maximum Gasteiger partial charge on any atom is 0.408 e. The SMILES string of the molecule is CCCn1nccc1CNCC(C)(C)NC(=O)OC(C)(C)C. The summed E-state index contributed by atoms with van der Waals surface area (Å²) in [6.45, 7) is 13.9. The molecular weight excluding hydrogens is 280 g/mol. The van der Waals surface area contributed by atoms with E-state index >= 15 is 0 Å². The number of rotatable bonds is 7. The van der Waals surface area contributed by atoms with Crippen molar-refractivity contribution in [3.8, 4) is 0 Å². The molecule has 6 nitrogen and oxygen atoms in total. The molecule has 126 valence electrons. The first kappa shape index (κ1) is 18.5. The van der Waals surface area contributed by atoms with E-state index < -0.39 is 17.2 Å². The summed E-state index contributed by atoms with van der Waals surface area (Å²) in [6.07, 6.45) is 2.48. The number of aromatic nitrogens is 2. The van der Waals surface area contributed by atoms with Crippen molar-refractivity contribution in [3.63, 3.8) is 0 Å². The monoisotopic (exact) mass is 310 g/mol. The smallest absolute Gasteiger partial charge is 0.408 e. The zero-order valence-corrected chi connectivity index (χ0v) is 14.7. The molecule has 0 atom stereocenters. The van der Waals surface area contributed by atoms with Crippen LogP contribution in [0.2, 0.25) is 0 Å². The minimum absolute atomic E-state index is 0.391. The van der Waals surface area contributed by atoms with E-state index in [1.54, 1.807) is 0 Å². The van der Waals surface area contributed by atoms with Gasteiger partial charge >= 0.3 is 6.09 Å². The van der Waals surface area contributed by atoms with Crippen LogP contribution in [0.5, 0.6) is 0 Å². The van der Waals surface area contributed by atoms with Gasteiger partial charge < -0.3 is 15.4 Å². The van der Waals surface area contributed by atoms with Gasteiger partial charge in [0.05, 0.1) is 11.2 Å². The third-order valence-electron chi connectivity index (χ3n) is 2.95. The molecule has 1 heterocycles. The van der Waals surface area contributed by atoms with Crippen LogP contribution in [0, 0.1) is 0 Å². The van der Waals surface area contributed by atoms with Crippen molar-refractivity contribution in [2.45, 2.75) is 72.2 Å². The van der Waals surface area contributed by atoms with Gasteiger partial charge in [0.25, 0.3) is 0 Å². The van der Waals surface area contributed by atoms with Gasteiger partial charge in [-0.2, -0.15) is 5.10 Å². The number of ether oxygens (including phenoxy) is 1. The summed E-state index contributed by atoms with van der Waals surface area (Å²) in [6, 6.07) is 2.01. The molecule has 0 saturated heterocycles. The molecule has 1 rings (SSSR count). The number of carbonyl (C=O) groups excluding carboxylic acids is 1. The number of nitrogens with zero attached hydrogens (tertiary/aromatic N) is 2. The van der Waals surface area contributed by atoms with Crippen LogP contribution in [0.1, 0.15) is 53.7 Å². The van der Waals surface area contributed by atoms with E-state index in [4.69, 9.17) is 4.74 Å². The van der Waals surface area contributed by atoms with E-state index in [0.717, 1.165) is 25.2 Å². The van der Waals surface area contributed by atoms with Crippen molar-refractivity contribution in [2.24, 2.45) is 0 Å². The highest BCUT2D eigenvalue weighted by Crippen LogP contribution is 2.09. The maximum absolute atomic E-state index is 11.8. The Bertz CT molecular complexity index is 475. The predicted molar refractivity (Wildman–Crippen MR) is 87.7 cm³/mol. The lowest BCUT2D eigenvalue weighted by molar-refractivity contribution is 0.0472. The molecule has 0 spiro atoms. The summed E-state index contributed by atoms with van der Waals surface area (Å²) in [5.41, 5.74) is 0.271. The molecule has 6 heteroatoms. The molecule has 1 aromatic heterocycles. The summed E-state index contributed by atoms with van der Waals surface area (Å²) in [4.78, 5) is 11.8. The van der Waals surface area contributed by atoms with Gasteiger partial charge in [-0.1, -0.05) is 6.92 Å². The molecule has 0 aliphatic carbocycles. The van der Waals surface area contributed by atoms with Crippen LogP contribution in [-0.4, -0.2) is 33.6 Å². The quantitative estimate of drug-likeness (QED) is 0.812. The Labute approximate surface area is 133 Å². The lowest BCUT2D eigenvalue weighted by Crippen LogP contribution is -2.51. The Kier molecular flexibility index (Phi) is 6.41. The molecule has 1 aromatic rings. The molecule has 0 aliphatic rings. The number of aryl methyl sites for hydroxylation is 1. The van der Waals surface area contributed by atoms with E-state index in [-0.39, 0.29) is 0 Å². The largest absolute Gasteiger partial charge is 0.444 e. The van der Waals surface area contributed by atoms with Crippen molar-refractivity contribution in [2.75, 3.05) is 6.54 Å². The normalized spacial score (nSPS) is 12.3. The number of hydrogen-bond acceptors (Lipinski definition) is 4. The minimum atomic E-state index is -0.486. The Balaban J connectivity index is 2.42. The molecule has 0 radical (unpaired) electrons. The molecule has 0 unspecified atom stereocenters. The molecule has 0 bridgehead atoms. The summed E-state index contributed by atoms with van der Waals surface area (Å²) in [5.74, 6) is 0. The zero-order valence-electron chi connectivity index (χ0n) is 14.7. The zero-order chi connectivity index (χ0) is 16.8. The Morgan fingerprint density at radius 1 is 1.32 bits per heavy atom. The average molecular weight is 310 g/mol. The second-order valence-corrected chi connectivity index (χ2v) is 7.16. The highest BCUT2D eigenvalue weighted by atomic mass is 16.6. The van der Waals surface area contributed by atoms with Gasteiger partial charge in [0, 0.05) is 25.8 Å². The van der Waals surface area contributed by atoms with E-state index in [2.05, 4.69) is 22.7 Å². The van der Waals surface area contributed by atoms with Crippen LogP contribution in [0.25, 0.3) is 0 Å². The lowest BCUT2D eigenvalue weighted by Gasteiger charge is -2.29. The highest BCUT2D eigenvalue weighted by Gasteiger charge is 2.24. The fourth-order valence-corrected chi connectivity index (χ4v) is 2.05. The molecule has 0 aliphatic heterocycles. The van der Waals surface area contributed by atoms with Crippen LogP contribution < -0.4 is 10.6 Å². The third kappa shape index (κ3) is 6.93. The van der Waals surface area contributed by atoms with Gasteiger partial charge in [-0.05, 0) is 47.1 Å². The molecule has 0 saturated carbocycles. The third-order valence-corrected chi connectivity index (χ3v) is 2.95. The fourth-order valence-electron chi connectivity index (χ4n) is 2.05. The molecular formula is C16H30N4O2. The predicted octanol–water partition coefficient (Wildman–Crippen LogP) is 2.69. The number of carbonyl (C=O) groups is 1. The van der Waals surface area contributed by atoms with Gasteiger partial charge in [-0.25, -0.2) is 4.79 Å². The molecule has 22 heavy (non-hydrogen) atoms. The van der Waals surface area contributed by atoms with E-state index in [1.165, 1.54) is 0 Å². The second-order valence-electron chi connectivity index (χ2n) is 7.16. The molecule has 2 N–H and O–H groups in total. The van der Waals surface area contributed by atoms with Crippen LogP contribution in [-0.2, 0) is 17.8 Å². The van der Waals surface area contributed by atoms with Crippen LogP contribution in [0.4, 0.5) is 4.79 Å². The van der Waals surface area contributed by atoms with Crippen LogP contribution in [0.15, 0.2) is 12.3 Å². The van der Waals surface area contributed by atoms with Crippen LogP contribution >= 0.6 is 0 Å². The van der Waals surface area contributed by atoms with E-state index in [0.29, 0.717) is 6.54 Å². The van der Waals surface area contributed by atoms with Gasteiger partial charge in [0.1, 0.15) is 5.60 Å². The van der Waals surface area contributed by atoms with Crippen molar-refractivity contribution in [3.05, 3.63) is 18.0 Å². The van der Waals surface area contributed by atoms with Crippen molar-refractivity contribution >= 4 is 6.09 Å². The van der Waals surface area contributed by atoms with Gasteiger partial charge in [-0.3, -0.25) is 4.68 Å². The van der Waals surface area contributed by atoms with E-state index in [1.807, 2.05) is 51.6 Å². The Morgan fingerprint density at radius 2 is 2.00 bits per heavy atom. The van der Waals surface area contributed by atoms with Gasteiger partial charge in [0.2, 0.25) is 0 Å². The highest BCUT2D eigenvalue weighted by molar-refractivity contribution is 5.68. The van der Waals surface area contributed by atoms with Crippen molar-refractivity contribution in [1.29, 1.82) is 0 Å². The van der Waals surface area contributed by atoms with Gasteiger partial charge in [0.15, 0.2) is 0 Å². The molecule has 0 aromatic carbocycles. The summed E-state index contributed by atoms with van der Waals surface area (Å²) < 4.78 is 7.29. The first-order chi connectivity index (χ1) is 10.1. The van der Waals surface area contributed by atoms with Gasteiger partial charge in [-0.15, -0.1) is 0 Å². The molecule has 0 fully saturated rings. The number of hydrogen-bond donors (Lipinski definition) is 2. The summed E-state index contributed by atoms with van der Waals surface area (Å²) in [7, 11) is 0. The minimum Gasteiger partial charge on any atom is -0.444 e. The first-order valence-electron chi connectivity index (χ1n) is 7.85. The van der Waals surface area contributed by atoms with Crippen molar-refractivity contribution < 1.29 is 9.53 Å². The topological polar surface area (TPSA) is 68.2 Å². The first-order valence-corrected chi connectivity index (χ1v) is 7.85. The lowest BCUT2D eigenvalue weighted by atomic mass is 10.1. The number of alkyl carbamates (subject to hydrolysis) is 1. The number of nitrogens with one attached hydrogen (secondary N) is 2. The summed E-state index contributed by atoms with van der Waals surface area (Å²) >= 11 is 0. The van der Waals surface area contributed by atoms with Crippen LogP contribution in [0.3, 0.4) is 0 Å². The van der Waals surface area contributed by atoms with E-state index in [9.17, 15) is 4.79 Å². The van der Waals surface area contributed by atoms with Crippen molar-refractivity contribution in [1.82, 2.24) is 20.4 Å². The Morgan fingerprint density at radius 3 is 2.59 bits per heavy atom. The fraction of sp³-hybridized carbons (Fsp3) is 0.750. The standard InChI is InChI=1S/C16H30N4O2/c1-7-10-20-13(8-9-18-20)11-17-12-16(5,6)19-14(21)22-15(2,3)4/h8-9,17H,7,10-12H2,1-6H3,(H,19,21). The average Bonchev–Trinajstić information content (AvgIpc) is 2.73. The number of amides is 1. The Hall–Kier alpha value is -1.56. The summed E-state index contributed by atoms with van der Waals surface area (Å²) in [5, 5.41) is 10.5. The molecule has 1 amide bonds. The second kappa shape index (κ2) is 7.63.